The Labute approximate surface area is 699 Å². The first-order chi connectivity index (χ1) is 58.5. The van der Waals surface area contributed by atoms with Crippen molar-refractivity contribution in [3.05, 3.63) is 441 Å². The van der Waals surface area contributed by atoms with Crippen molar-refractivity contribution in [2.24, 2.45) is 0 Å². The van der Waals surface area contributed by atoms with Gasteiger partial charge in [-0.2, -0.15) is 0 Å². The lowest BCUT2D eigenvalue weighted by atomic mass is 9.67. The van der Waals surface area contributed by atoms with Crippen LogP contribution < -0.4 is 14.7 Å². The fraction of sp³-hybridized carbons (Fsp3) is 0.00901. The van der Waals surface area contributed by atoms with Crippen molar-refractivity contribution in [2.75, 3.05) is 14.7 Å². The van der Waals surface area contributed by atoms with Crippen molar-refractivity contribution in [3.63, 3.8) is 0 Å². The third-order valence-corrected chi connectivity index (χ3v) is 29.3. The van der Waals surface area contributed by atoms with E-state index in [1.807, 2.05) is 45.8 Å². The molecule has 1 unspecified atom stereocenters. The highest BCUT2D eigenvalue weighted by molar-refractivity contribution is 7.99. The molecule has 0 saturated carbocycles. The molecule has 0 radical (unpaired) electrons. The summed E-state index contributed by atoms with van der Waals surface area (Å²) in [6.45, 7) is 0. The second kappa shape index (κ2) is 27.7. The van der Waals surface area contributed by atoms with Crippen LogP contribution >= 0.6 is 45.8 Å². The van der Waals surface area contributed by atoms with Crippen LogP contribution in [0.1, 0.15) is 22.3 Å². The van der Waals surface area contributed by atoms with Gasteiger partial charge in [0.05, 0.1) is 22.5 Å². The molecule has 3 aromatic heterocycles. The maximum absolute atomic E-state index is 2.59. The second-order valence-electron chi connectivity index (χ2n) is 30.8. The van der Waals surface area contributed by atoms with E-state index < -0.39 is 5.41 Å². The van der Waals surface area contributed by atoms with Gasteiger partial charge >= 0.3 is 0 Å². The number of fused-ring (bicyclic) bond motifs is 20. The molecule has 3 nitrogen and oxygen atoms in total. The third kappa shape index (κ3) is 10.8. The van der Waals surface area contributed by atoms with Gasteiger partial charge in [0.25, 0.3) is 0 Å². The molecule has 2 aliphatic rings. The van der Waals surface area contributed by atoms with Crippen LogP contribution in [0.4, 0.5) is 51.2 Å². The van der Waals surface area contributed by atoms with Crippen LogP contribution in [0.3, 0.4) is 0 Å². The van der Waals surface area contributed by atoms with Gasteiger partial charge in [-0.25, -0.2) is 0 Å². The van der Waals surface area contributed by atoms with Crippen molar-refractivity contribution in [1.29, 1.82) is 0 Å². The lowest BCUT2D eigenvalue weighted by Gasteiger charge is -2.42. The van der Waals surface area contributed by atoms with Gasteiger partial charge in [0.2, 0.25) is 0 Å². The number of hydrogen-bond acceptors (Lipinski definition) is 7. The zero-order valence-electron chi connectivity index (χ0n) is 63.8. The number of thiophene rings is 3. The molecular weight excluding hydrogens is 1500 g/mol. The number of nitrogens with zero attached hydrogens (tertiary/aromatic N) is 3. The van der Waals surface area contributed by atoms with Crippen molar-refractivity contribution in [3.8, 4) is 55.6 Å². The van der Waals surface area contributed by atoms with Gasteiger partial charge in [-0.15, -0.1) is 34.0 Å². The SMILES string of the molecule is c1ccc(-c2ccc(-c3cc(N(c4ccc5c(c4)C4(c6ccccc6-c6ccc(N(c7ccccc7)c7ccc(-c8cccc9ccccc89)c8sc9ccccc9c78)cc64)c4cccc(N(c6ccccc6)c6ccc(-c7ccccc7)c7sc8ccccc8c67)c4S5)c4ccc5ccccc5c4)cc4c3sc3ccccc34)cc2)cc1. The summed E-state index contributed by atoms with van der Waals surface area (Å²) in [5, 5.41) is 12.2. The average Bonchev–Trinajstić information content (AvgIpc) is 1.40. The van der Waals surface area contributed by atoms with Crippen molar-refractivity contribution in [1.82, 2.24) is 0 Å². The Hall–Kier alpha value is -13.9. The van der Waals surface area contributed by atoms with E-state index in [-0.39, 0.29) is 0 Å². The third-order valence-electron chi connectivity index (χ3n) is 24.5. The minimum absolute atomic E-state index is 0.937. The maximum atomic E-state index is 2.59. The van der Waals surface area contributed by atoms with E-state index in [9.17, 15) is 0 Å². The Morgan fingerprint density at radius 3 is 1.42 bits per heavy atom. The van der Waals surface area contributed by atoms with Gasteiger partial charge in [-0.3, -0.25) is 0 Å². The summed E-state index contributed by atoms with van der Waals surface area (Å²) in [4.78, 5) is 10.1. The van der Waals surface area contributed by atoms with Gasteiger partial charge in [-0.1, -0.05) is 315 Å². The first kappa shape index (κ1) is 68.5. The molecule has 0 N–H and O–H groups in total. The molecule has 1 aliphatic carbocycles. The molecule has 1 atom stereocenters. The predicted molar refractivity (Wildman–Crippen MR) is 507 cm³/mol. The molecular formula is C111H69N3S4. The first-order valence-electron chi connectivity index (χ1n) is 40.3. The van der Waals surface area contributed by atoms with Crippen LogP contribution in [0, 0.1) is 0 Å². The number of rotatable bonds is 13. The van der Waals surface area contributed by atoms with E-state index >= 15 is 0 Å². The number of para-hydroxylation sites is 2. The second-order valence-corrected chi connectivity index (χ2v) is 35.1. The summed E-state index contributed by atoms with van der Waals surface area (Å²) in [6, 6.07) is 158. The number of benzene rings is 19. The Kier molecular flexibility index (Phi) is 16.1. The van der Waals surface area contributed by atoms with E-state index in [0.717, 1.165) is 51.2 Å². The van der Waals surface area contributed by atoms with Gasteiger partial charge in [0.15, 0.2) is 0 Å². The smallest absolute Gasteiger partial charge is 0.0737 e. The minimum Gasteiger partial charge on any atom is -0.310 e. The van der Waals surface area contributed by atoms with Gasteiger partial charge in [0.1, 0.15) is 0 Å². The number of anilines is 9. The summed E-state index contributed by atoms with van der Waals surface area (Å²) < 4.78 is 7.56. The zero-order chi connectivity index (χ0) is 77.5. The van der Waals surface area contributed by atoms with Gasteiger partial charge < -0.3 is 14.7 Å². The molecule has 1 spiro atoms. The first-order valence-corrected chi connectivity index (χ1v) is 43.5. The molecule has 4 heterocycles. The van der Waals surface area contributed by atoms with Crippen LogP contribution in [0.15, 0.2) is 428 Å². The average molecular weight is 1570 g/mol. The summed E-state index contributed by atoms with van der Waals surface area (Å²) in [7, 11) is 0. The van der Waals surface area contributed by atoms with Gasteiger partial charge in [0, 0.05) is 116 Å². The molecule has 19 aromatic carbocycles. The molecule has 0 fully saturated rings. The van der Waals surface area contributed by atoms with E-state index in [1.54, 1.807) is 0 Å². The van der Waals surface area contributed by atoms with Crippen LogP contribution in [0.25, 0.3) is 138 Å². The molecule has 118 heavy (non-hydrogen) atoms. The predicted octanol–water partition coefficient (Wildman–Crippen LogP) is 33.0. The van der Waals surface area contributed by atoms with Crippen molar-refractivity contribution >= 4 is 179 Å². The Morgan fingerprint density at radius 1 is 0.203 bits per heavy atom. The Morgan fingerprint density at radius 2 is 0.678 bits per heavy atom. The summed E-state index contributed by atoms with van der Waals surface area (Å²) in [5.74, 6) is 0. The normalized spacial score (nSPS) is 13.4. The molecule has 22 aromatic rings. The van der Waals surface area contributed by atoms with E-state index in [1.165, 1.54) is 170 Å². The maximum Gasteiger partial charge on any atom is 0.0737 e. The molecule has 24 rings (SSSR count). The van der Waals surface area contributed by atoms with Crippen LogP contribution in [0.5, 0.6) is 0 Å². The van der Waals surface area contributed by atoms with Crippen LogP contribution in [0.2, 0.25) is 0 Å². The minimum atomic E-state index is -0.937. The fourth-order valence-electron chi connectivity index (χ4n) is 19.3. The highest BCUT2D eigenvalue weighted by Crippen LogP contribution is 2.66. The molecule has 0 bridgehead atoms. The lowest BCUT2D eigenvalue weighted by molar-refractivity contribution is 0.722. The monoisotopic (exact) mass is 1570 g/mol. The largest absolute Gasteiger partial charge is 0.310 e. The number of hydrogen-bond donors (Lipinski definition) is 0. The topological polar surface area (TPSA) is 9.72 Å². The Bertz CT molecular complexity index is 7800. The van der Waals surface area contributed by atoms with Crippen LogP contribution in [-0.2, 0) is 5.41 Å². The summed E-state index contributed by atoms with van der Waals surface area (Å²) in [5.41, 5.74) is 25.8. The fourth-order valence-corrected chi connectivity index (χ4v) is 24.3. The highest BCUT2D eigenvalue weighted by atomic mass is 32.2. The van der Waals surface area contributed by atoms with Crippen molar-refractivity contribution < 1.29 is 0 Å². The zero-order valence-corrected chi connectivity index (χ0v) is 67.1. The van der Waals surface area contributed by atoms with E-state index in [2.05, 4.69) is 433 Å². The lowest BCUT2D eigenvalue weighted by Crippen LogP contribution is -2.33. The highest BCUT2D eigenvalue weighted by Gasteiger charge is 2.52. The molecule has 0 saturated heterocycles. The van der Waals surface area contributed by atoms with Gasteiger partial charge in [-0.05, 0) is 204 Å². The molecule has 7 heteroatoms. The standard InChI is InChI=1S/C111H69N3S4/c1-5-27-70(28-6-1)72-51-53-75(54-52-72)92-66-82(67-93-88-41-18-22-48-101(88)115-107(92)93)112(79-56-55-71-29-13-14-33-76(71)65-79)80-58-64-104-97(69-80)111(95-46-26-47-100(110(95)118-104)114(78-37-11-4-12-38-78)99-62-60-84(74-30-7-2-8-31-74)108-106(99)91-43-20-23-49-102(91)116-108)94-45-21-17-40-86(94)87-59-57-81(68-96(87)111)113(77-35-9-3-10-36-77)98-63-61-89(85-44-25-34-73-32-15-16-39-83(73)85)109-105(98)90-42-19-24-50-103(90)117-109/h1-69H. The Balaban J connectivity index is 0.786. The molecule has 552 valence electrons. The van der Waals surface area contributed by atoms with E-state index in [0.29, 0.717) is 0 Å². The molecule has 1 aliphatic heterocycles. The molecule has 0 amide bonds. The van der Waals surface area contributed by atoms with Crippen molar-refractivity contribution in [2.45, 2.75) is 15.2 Å². The summed E-state index contributed by atoms with van der Waals surface area (Å²) in [6.07, 6.45) is 0. The van der Waals surface area contributed by atoms with Crippen LogP contribution in [-0.4, -0.2) is 0 Å². The quantitative estimate of drug-likeness (QED) is 0.114. The summed E-state index contributed by atoms with van der Waals surface area (Å²) >= 11 is 7.57. The van der Waals surface area contributed by atoms with E-state index in [4.69, 9.17) is 0 Å².